The van der Waals surface area contributed by atoms with E-state index in [0.717, 1.165) is 0 Å². The van der Waals surface area contributed by atoms with E-state index in [-0.39, 0.29) is 17.2 Å². The van der Waals surface area contributed by atoms with Crippen LogP contribution >= 0.6 is 11.6 Å². The van der Waals surface area contributed by atoms with Crippen LogP contribution < -0.4 is 4.74 Å². The molecule has 2 aromatic heterocycles. The minimum atomic E-state index is 0.0426. The highest BCUT2D eigenvalue weighted by molar-refractivity contribution is 6.28. The summed E-state index contributed by atoms with van der Waals surface area (Å²) in [5.41, 5.74) is 0. The molecule has 2 heterocycles. The largest absolute Gasteiger partial charge is 0.459 e. The normalized spacial score (nSPS) is 10.9. The molecule has 2 rings (SSSR count). The van der Waals surface area contributed by atoms with Gasteiger partial charge in [0.15, 0.2) is 0 Å². The number of ether oxygens (including phenoxy) is 1. The Morgan fingerprint density at radius 1 is 1.41 bits per heavy atom. The third-order valence-corrected chi connectivity index (χ3v) is 1.91. The van der Waals surface area contributed by atoms with Gasteiger partial charge in [-0.25, -0.2) is 4.98 Å². The minimum Gasteiger partial charge on any atom is -0.459 e. The van der Waals surface area contributed by atoms with E-state index in [0.29, 0.717) is 6.61 Å². The fraction of sp³-hybridized carbons (Fsp3) is 0.222. The van der Waals surface area contributed by atoms with Crippen LogP contribution in [0, 0.1) is 0 Å². The van der Waals surface area contributed by atoms with E-state index in [1.165, 1.54) is 17.3 Å². The lowest BCUT2D eigenvalue weighted by Crippen LogP contribution is -2.07. The summed E-state index contributed by atoms with van der Waals surface area (Å²) in [6.07, 6.45) is 6.52. The molecule has 2 aromatic rings. The minimum absolute atomic E-state index is 0.0426. The zero-order valence-electron chi connectivity index (χ0n) is 8.99. The van der Waals surface area contributed by atoms with E-state index in [1.54, 1.807) is 0 Å². The topological polar surface area (TPSA) is 78.6 Å². The number of halogens is 1. The predicted molar refractivity (Wildman–Crippen MR) is 60.1 cm³/mol. The molecule has 8 heteroatoms. The van der Waals surface area contributed by atoms with E-state index in [1.807, 2.05) is 19.1 Å². The lowest BCUT2D eigenvalue weighted by atomic mass is 10.6. The third-order valence-electron chi connectivity index (χ3n) is 1.74. The first-order chi connectivity index (χ1) is 8.29. The number of rotatable bonds is 4. The lowest BCUT2D eigenvalue weighted by molar-refractivity contribution is 0.330. The summed E-state index contributed by atoms with van der Waals surface area (Å²) in [5, 5.41) is 3.93. The molecule has 0 unspecified atom stereocenters. The zero-order chi connectivity index (χ0) is 12.1. The van der Waals surface area contributed by atoms with Gasteiger partial charge in [-0.3, -0.25) is 0 Å². The van der Waals surface area contributed by atoms with Gasteiger partial charge in [0, 0.05) is 0 Å². The van der Waals surface area contributed by atoms with Crippen molar-refractivity contribution >= 4 is 11.6 Å². The van der Waals surface area contributed by atoms with Crippen LogP contribution in [0.2, 0.25) is 5.28 Å². The van der Waals surface area contributed by atoms with Gasteiger partial charge in [-0.2, -0.15) is 24.7 Å². The summed E-state index contributed by atoms with van der Waals surface area (Å²) in [5.74, 6) is 0.262. The quantitative estimate of drug-likeness (QED) is 0.757. The molecule has 0 fully saturated rings. The smallest absolute Gasteiger partial charge is 0.322 e. The Balaban J connectivity index is 2.23. The maximum atomic E-state index is 5.76. The van der Waals surface area contributed by atoms with Crippen LogP contribution in [0.3, 0.4) is 0 Å². The highest BCUT2D eigenvalue weighted by atomic mass is 35.5. The first-order valence-corrected chi connectivity index (χ1v) is 5.18. The average Bonchev–Trinajstić information content (AvgIpc) is 2.82. The molecule has 0 aliphatic carbocycles. The second-order valence-electron chi connectivity index (χ2n) is 2.91. The molecule has 0 spiro atoms. The van der Waals surface area contributed by atoms with Crippen LogP contribution in [0.15, 0.2) is 24.8 Å². The van der Waals surface area contributed by atoms with Crippen molar-refractivity contribution in [2.24, 2.45) is 0 Å². The molecule has 17 heavy (non-hydrogen) atoms. The SMILES string of the molecule is CC=CCOc1nc(Cl)nc(-n2cncn2)n1. The molecule has 0 amide bonds. The van der Waals surface area contributed by atoms with E-state index < -0.39 is 0 Å². The molecular formula is C9H9ClN6O. The Hall–Kier alpha value is -2.02. The average molecular weight is 253 g/mol. The van der Waals surface area contributed by atoms with E-state index in [2.05, 4.69) is 25.0 Å². The van der Waals surface area contributed by atoms with Gasteiger partial charge < -0.3 is 4.74 Å². The van der Waals surface area contributed by atoms with E-state index in [9.17, 15) is 0 Å². The van der Waals surface area contributed by atoms with Crippen molar-refractivity contribution in [2.75, 3.05) is 6.61 Å². The van der Waals surface area contributed by atoms with Gasteiger partial charge in [0.1, 0.15) is 19.3 Å². The van der Waals surface area contributed by atoms with Crippen LogP contribution in [-0.2, 0) is 0 Å². The zero-order valence-corrected chi connectivity index (χ0v) is 9.74. The highest BCUT2D eigenvalue weighted by Crippen LogP contribution is 2.10. The molecule has 0 radical (unpaired) electrons. The van der Waals surface area contributed by atoms with Crippen LogP contribution in [0.25, 0.3) is 5.95 Å². The Bertz CT molecular complexity index is 512. The van der Waals surface area contributed by atoms with Gasteiger partial charge in [0.25, 0.3) is 5.95 Å². The molecule has 0 aliphatic rings. The summed E-state index contributed by atoms with van der Waals surface area (Å²) < 4.78 is 6.64. The van der Waals surface area contributed by atoms with Crippen LogP contribution in [0.1, 0.15) is 6.92 Å². The van der Waals surface area contributed by atoms with Crippen molar-refractivity contribution in [3.05, 3.63) is 30.1 Å². The van der Waals surface area contributed by atoms with Gasteiger partial charge >= 0.3 is 6.01 Å². The molecule has 0 saturated heterocycles. The summed E-state index contributed by atoms with van der Waals surface area (Å²) >= 11 is 5.76. The van der Waals surface area contributed by atoms with E-state index >= 15 is 0 Å². The third kappa shape index (κ3) is 2.97. The fourth-order valence-corrected chi connectivity index (χ4v) is 1.17. The Morgan fingerprint density at radius 2 is 2.29 bits per heavy atom. The predicted octanol–water partition coefficient (Wildman–Crippen LogP) is 1.06. The number of aromatic nitrogens is 6. The van der Waals surface area contributed by atoms with Crippen molar-refractivity contribution in [1.82, 2.24) is 29.7 Å². The van der Waals surface area contributed by atoms with Crippen LogP contribution in [-0.4, -0.2) is 36.3 Å². The van der Waals surface area contributed by atoms with Crippen molar-refractivity contribution in [1.29, 1.82) is 0 Å². The number of hydrogen-bond acceptors (Lipinski definition) is 6. The molecule has 88 valence electrons. The van der Waals surface area contributed by atoms with Crippen LogP contribution in [0.5, 0.6) is 6.01 Å². The molecule has 0 aliphatic heterocycles. The van der Waals surface area contributed by atoms with Gasteiger partial charge in [-0.05, 0) is 18.5 Å². The maximum Gasteiger partial charge on any atom is 0.322 e. The van der Waals surface area contributed by atoms with Gasteiger partial charge in [-0.1, -0.05) is 12.2 Å². The summed E-state index contributed by atoms with van der Waals surface area (Å²) in [6.45, 7) is 2.26. The molecule has 7 nitrogen and oxygen atoms in total. The van der Waals surface area contributed by atoms with E-state index in [4.69, 9.17) is 16.3 Å². The Morgan fingerprint density at radius 3 is 3.00 bits per heavy atom. The van der Waals surface area contributed by atoms with Gasteiger partial charge in [0.2, 0.25) is 5.28 Å². The standard InChI is InChI=1S/C9H9ClN6O/c1-2-3-4-17-9-14-7(10)13-8(15-9)16-6-11-5-12-16/h2-3,5-6H,4H2,1H3. The molecule has 0 bridgehead atoms. The maximum absolute atomic E-state index is 5.76. The number of hydrogen-bond donors (Lipinski definition) is 0. The number of nitrogens with zero attached hydrogens (tertiary/aromatic N) is 6. The first kappa shape index (κ1) is 11.5. The Labute approximate surface area is 102 Å². The highest BCUT2D eigenvalue weighted by Gasteiger charge is 2.07. The molecule has 0 N–H and O–H groups in total. The van der Waals surface area contributed by atoms with Crippen molar-refractivity contribution in [3.63, 3.8) is 0 Å². The second kappa shape index (κ2) is 5.35. The summed E-state index contributed by atoms with van der Waals surface area (Å²) in [6, 6.07) is 0.147. The Kier molecular flexibility index (Phi) is 3.61. The van der Waals surface area contributed by atoms with Crippen molar-refractivity contribution in [3.8, 4) is 12.0 Å². The van der Waals surface area contributed by atoms with Crippen LogP contribution in [0.4, 0.5) is 0 Å². The molecular weight excluding hydrogens is 244 g/mol. The summed E-state index contributed by atoms with van der Waals surface area (Å²) in [4.78, 5) is 15.6. The van der Waals surface area contributed by atoms with Gasteiger partial charge in [-0.15, -0.1) is 0 Å². The van der Waals surface area contributed by atoms with Crippen molar-refractivity contribution < 1.29 is 4.74 Å². The molecule has 0 aromatic carbocycles. The monoisotopic (exact) mass is 252 g/mol. The molecule has 0 atom stereocenters. The fourth-order valence-electron chi connectivity index (χ4n) is 1.02. The lowest BCUT2D eigenvalue weighted by Gasteiger charge is -2.03. The molecule has 0 saturated carbocycles. The number of allylic oxidation sites excluding steroid dienone is 1. The summed E-state index contributed by atoms with van der Waals surface area (Å²) in [7, 11) is 0. The second-order valence-corrected chi connectivity index (χ2v) is 3.25. The van der Waals surface area contributed by atoms with Gasteiger partial charge in [0.05, 0.1) is 0 Å². The first-order valence-electron chi connectivity index (χ1n) is 4.80. The van der Waals surface area contributed by atoms with Crippen molar-refractivity contribution in [2.45, 2.75) is 6.92 Å².